The first-order valence-electron chi connectivity index (χ1n) is 7.48. The van der Waals surface area contributed by atoms with Gasteiger partial charge in [-0.05, 0) is 35.7 Å². The van der Waals surface area contributed by atoms with Gasteiger partial charge in [0.15, 0.2) is 0 Å². The molecule has 120 valence electrons. The van der Waals surface area contributed by atoms with Gasteiger partial charge in [0.05, 0.1) is 25.1 Å². The third kappa shape index (κ3) is 3.09. The van der Waals surface area contributed by atoms with Gasteiger partial charge < -0.3 is 10.0 Å². The largest absolute Gasteiger partial charge is 0.387 e. The molecule has 23 heavy (non-hydrogen) atoms. The van der Waals surface area contributed by atoms with Crippen molar-refractivity contribution in [2.75, 3.05) is 6.54 Å². The van der Waals surface area contributed by atoms with Crippen molar-refractivity contribution in [2.45, 2.75) is 25.5 Å². The van der Waals surface area contributed by atoms with Crippen molar-refractivity contribution >= 4 is 29.1 Å². The summed E-state index contributed by atoms with van der Waals surface area (Å²) in [6, 6.07) is 12.8. The van der Waals surface area contributed by atoms with E-state index in [0.29, 0.717) is 15.6 Å². The zero-order valence-electron chi connectivity index (χ0n) is 12.7. The number of benzene rings is 2. The maximum absolute atomic E-state index is 12.7. The number of fused-ring (bicyclic) bond motifs is 1. The lowest BCUT2D eigenvalue weighted by Gasteiger charge is -2.38. The second-order valence-electron chi connectivity index (χ2n) is 5.74. The highest BCUT2D eigenvalue weighted by atomic mass is 35.5. The van der Waals surface area contributed by atoms with Crippen molar-refractivity contribution in [3.63, 3.8) is 0 Å². The van der Waals surface area contributed by atoms with Crippen LogP contribution in [0.2, 0.25) is 10.0 Å². The zero-order valence-corrected chi connectivity index (χ0v) is 14.2. The topological polar surface area (TPSA) is 40.5 Å². The maximum atomic E-state index is 12.7. The molecule has 1 heterocycles. The van der Waals surface area contributed by atoms with Crippen molar-refractivity contribution < 1.29 is 9.90 Å². The van der Waals surface area contributed by atoms with E-state index in [4.69, 9.17) is 23.2 Å². The van der Waals surface area contributed by atoms with Crippen LogP contribution in [0.5, 0.6) is 0 Å². The molecule has 0 spiro atoms. The van der Waals surface area contributed by atoms with Gasteiger partial charge in [-0.25, -0.2) is 0 Å². The zero-order chi connectivity index (χ0) is 16.6. The molecule has 0 aromatic heterocycles. The van der Waals surface area contributed by atoms with Crippen LogP contribution in [0.4, 0.5) is 0 Å². The van der Waals surface area contributed by atoms with Gasteiger partial charge in [-0.2, -0.15) is 0 Å². The predicted molar refractivity (Wildman–Crippen MR) is 91.7 cm³/mol. The van der Waals surface area contributed by atoms with Gasteiger partial charge in [-0.15, -0.1) is 0 Å². The molecule has 3 nitrogen and oxygen atoms in total. The summed E-state index contributed by atoms with van der Waals surface area (Å²) in [7, 11) is 0. The smallest absolute Gasteiger partial charge is 0.227 e. The fraction of sp³-hybridized carbons (Fsp3) is 0.278. The molecule has 3 rings (SSSR count). The number of aliphatic hydroxyl groups excluding tert-OH is 1. The summed E-state index contributed by atoms with van der Waals surface area (Å²) in [5.74, 6) is -0.0962. The Bertz CT molecular complexity index is 727. The van der Waals surface area contributed by atoms with Gasteiger partial charge >= 0.3 is 0 Å². The van der Waals surface area contributed by atoms with Gasteiger partial charge in [0.2, 0.25) is 5.91 Å². The molecule has 0 bridgehead atoms. The Hall–Kier alpha value is -1.55. The summed E-state index contributed by atoms with van der Waals surface area (Å²) in [5.41, 5.74) is 2.49. The number of hydrogen-bond acceptors (Lipinski definition) is 2. The lowest BCUT2D eigenvalue weighted by atomic mass is 9.91. The Morgan fingerprint density at radius 1 is 1.13 bits per heavy atom. The van der Waals surface area contributed by atoms with Gasteiger partial charge in [-0.1, -0.05) is 53.5 Å². The highest BCUT2D eigenvalue weighted by Gasteiger charge is 2.32. The average Bonchev–Trinajstić information content (AvgIpc) is 2.54. The van der Waals surface area contributed by atoms with Crippen LogP contribution >= 0.6 is 23.2 Å². The van der Waals surface area contributed by atoms with Gasteiger partial charge in [0.25, 0.3) is 0 Å². The van der Waals surface area contributed by atoms with Crippen LogP contribution in [0.1, 0.15) is 35.8 Å². The Morgan fingerprint density at radius 3 is 2.39 bits per heavy atom. The molecule has 0 fully saturated rings. The molecule has 2 aromatic rings. The number of nitrogens with zero attached hydrogens (tertiary/aromatic N) is 1. The van der Waals surface area contributed by atoms with E-state index in [9.17, 15) is 9.90 Å². The van der Waals surface area contributed by atoms with E-state index >= 15 is 0 Å². The fourth-order valence-electron chi connectivity index (χ4n) is 3.08. The van der Waals surface area contributed by atoms with Crippen LogP contribution in [-0.4, -0.2) is 22.5 Å². The first-order chi connectivity index (χ1) is 11.0. The predicted octanol–water partition coefficient (Wildman–Crippen LogP) is 4.17. The number of halogens is 2. The second kappa shape index (κ2) is 6.52. The fourth-order valence-corrected chi connectivity index (χ4v) is 3.61. The van der Waals surface area contributed by atoms with Gasteiger partial charge in [0.1, 0.15) is 0 Å². The molecular formula is C18H17Cl2NO2. The summed E-state index contributed by atoms with van der Waals surface area (Å²) in [6.07, 6.45) is -0.550. The van der Waals surface area contributed by atoms with Crippen molar-refractivity contribution in [1.29, 1.82) is 0 Å². The molecule has 1 aliphatic rings. The monoisotopic (exact) mass is 349 g/mol. The van der Waals surface area contributed by atoms with Gasteiger partial charge in [0, 0.05) is 10.0 Å². The summed E-state index contributed by atoms with van der Waals surface area (Å²) < 4.78 is 0. The first kappa shape index (κ1) is 16.3. The summed E-state index contributed by atoms with van der Waals surface area (Å²) >= 11 is 12.3. The van der Waals surface area contributed by atoms with Crippen LogP contribution in [-0.2, 0) is 11.2 Å². The minimum atomic E-state index is -0.673. The third-order valence-electron chi connectivity index (χ3n) is 4.35. The summed E-state index contributed by atoms with van der Waals surface area (Å²) in [4.78, 5) is 14.4. The van der Waals surface area contributed by atoms with Crippen LogP contribution in [0.3, 0.4) is 0 Å². The molecule has 0 saturated carbocycles. The number of hydrogen-bond donors (Lipinski definition) is 1. The van der Waals surface area contributed by atoms with Crippen molar-refractivity contribution in [3.05, 3.63) is 69.2 Å². The SMILES string of the molecule is C[C@H]1c2ccccc2[C@@H](O)CN1C(=O)Cc1c(Cl)cccc1Cl. The number of rotatable bonds is 2. The first-order valence-corrected chi connectivity index (χ1v) is 8.24. The van der Waals surface area contributed by atoms with E-state index < -0.39 is 6.10 Å². The van der Waals surface area contributed by atoms with Gasteiger partial charge in [-0.3, -0.25) is 4.79 Å². The number of aliphatic hydroxyl groups is 1. The number of β-amino-alcohol motifs (C(OH)–C–C–N with tert-alkyl or cyclic N) is 1. The van der Waals surface area contributed by atoms with E-state index in [-0.39, 0.29) is 24.9 Å². The highest BCUT2D eigenvalue weighted by molar-refractivity contribution is 6.36. The standard InChI is InChI=1S/C18H17Cl2NO2/c1-11-12-5-2-3-6-13(12)17(22)10-21(11)18(23)9-14-15(19)7-4-8-16(14)20/h2-8,11,17,22H,9-10H2,1H3/t11-,17-/m0/s1. The van der Waals surface area contributed by atoms with Crippen molar-refractivity contribution in [2.24, 2.45) is 0 Å². The molecule has 0 unspecified atom stereocenters. The Morgan fingerprint density at radius 2 is 1.74 bits per heavy atom. The van der Waals surface area contributed by atoms with E-state index in [1.165, 1.54) is 0 Å². The van der Waals surface area contributed by atoms with Crippen LogP contribution in [0.25, 0.3) is 0 Å². The molecule has 1 aliphatic heterocycles. The molecule has 0 radical (unpaired) electrons. The number of carbonyl (C=O) groups is 1. The van der Waals surface area contributed by atoms with Crippen LogP contribution < -0.4 is 0 Å². The van der Waals surface area contributed by atoms with Crippen molar-refractivity contribution in [3.8, 4) is 0 Å². The minimum Gasteiger partial charge on any atom is -0.387 e. The molecule has 5 heteroatoms. The van der Waals surface area contributed by atoms with E-state index in [1.807, 2.05) is 31.2 Å². The normalized spacial score (nSPS) is 20.3. The van der Waals surface area contributed by atoms with Crippen molar-refractivity contribution in [1.82, 2.24) is 4.90 Å². The molecule has 0 saturated heterocycles. The third-order valence-corrected chi connectivity index (χ3v) is 5.06. The maximum Gasteiger partial charge on any atom is 0.227 e. The Balaban J connectivity index is 1.86. The molecule has 1 amide bonds. The lowest BCUT2D eigenvalue weighted by molar-refractivity contribution is -0.135. The summed E-state index contributed by atoms with van der Waals surface area (Å²) in [5, 5.41) is 11.3. The summed E-state index contributed by atoms with van der Waals surface area (Å²) in [6.45, 7) is 2.25. The van der Waals surface area contributed by atoms with E-state index in [2.05, 4.69) is 0 Å². The number of amides is 1. The Labute approximate surface area is 145 Å². The Kier molecular flexibility index (Phi) is 4.62. The second-order valence-corrected chi connectivity index (χ2v) is 6.56. The van der Waals surface area contributed by atoms with E-state index in [0.717, 1.165) is 11.1 Å². The average molecular weight is 350 g/mol. The molecule has 2 aromatic carbocycles. The van der Waals surface area contributed by atoms with Crippen LogP contribution in [0.15, 0.2) is 42.5 Å². The number of carbonyl (C=O) groups excluding carboxylic acids is 1. The highest BCUT2D eigenvalue weighted by Crippen LogP contribution is 2.35. The molecular weight excluding hydrogens is 333 g/mol. The molecule has 0 aliphatic carbocycles. The van der Waals surface area contributed by atoms with E-state index in [1.54, 1.807) is 23.1 Å². The molecule has 2 atom stereocenters. The quantitative estimate of drug-likeness (QED) is 0.883. The molecule has 1 N–H and O–H groups in total. The lowest BCUT2D eigenvalue weighted by Crippen LogP contribution is -2.41. The minimum absolute atomic E-state index is 0.0941. The van der Waals surface area contributed by atoms with Crippen LogP contribution in [0, 0.1) is 0 Å².